The highest BCUT2D eigenvalue weighted by Crippen LogP contribution is 2.03. The Kier molecular flexibility index (Phi) is 7.52. The molecule has 1 N–H and O–H groups in total. The molecule has 0 rings (SSSR count). The Bertz CT molecular complexity index is 254. The summed E-state index contributed by atoms with van der Waals surface area (Å²) in [5, 5.41) is 0. The Morgan fingerprint density at radius 3 is 2.40 bits per heavy atom. The highest BCUT2D eigenvalue weighted by Gasteiger charge is 2.17. The number of halogens is 1. The maximum absolute atomic E-state index is 11.6. The van der Waals surface area contributed by atoms with Gasteiger partial charge >= 0.3 is 0 Å². The van der Waals surface area contributed by atoms with Gasteiger partial charge in [-0.25, -0.2) is 13.1 Å². The van der Waals surface area contributed by atoms with E-state index < -0.39 is 10.0 Å². The summed E-state index contributed by atoms with van der Waals surface area (Å²) < 4.78 is 30.5. The second kappa shape index (κ2) is 7.44. The van der Waals surface area contributed by atoms with Crippen molar-refractivity contribution in [2.45, 2.75) is 26.3 Å². The van der Waals surface area contributed by atoms with Crippen molar-refractivity contribution in [1.82, 2.24) is 4.72 Å². The van der Waals surface area contributed by atoms with Gasteiger partial charge in [-0.05, 0) is 12.3 Å². The molecule has 92 valence electrons. The lowest BCUT2D eigenvalue weighted by atomic mass is 10.2. The van der Waals surface area contributed by atoms with Gasteiger partial charge in [0.15, 0.2) is 0 Å². The van der Waals surface area contributed by atoms with E-state index in [-0.39, 0.29) is 17.7 Å². The second-order valence-corrected chi connectivity index (χ2v) is 6.11. The maximum atomic E-state index is 11.6. The van der Waals surface area contributed by atoms with Crippen molar-refractivity contribution in [1.29, 1.82) is 0 Å². The van der Waals surface area contributed by atoms with Crippen LogP contribution in [0.15, 0.2) is 0 Å². The smallest absolute Gasteiger partial charge is 0.211 e. The van der Waals surface area contributed by atoms with Gasteiger partial charge in [-0.1, -0.05) is 13.8 Å². The first-order valence-corrected chi connectivity index (χ1v) is 7.15. The fraction of sp³-hybridized carbons (Fsp3) is 1.00. The molecule has 0 aliphatic rings. The predicted molar refractivity (Wildman–Crippen MR) is 62.8 cm³/mol. The van der Waals surface area contributed by atoms with Crippen molar-refractivity contribution in [3.8, 4) is 0 Å². The van der Waals surface area contributed by atoms with Gasteiger partial charge in [-0.3, -0.25) is 0 Å². The highest BCUT2D eigenvalue weighted by molar-refractivity contribution is 7.89. The topological polar surface area (TPSA) is 55.4 Å². The first-order valence-electron chi connectivity index (χ1n) is 4.96. The third kappa shape index (κ3) is 8.02. The number of alkyl halides is 1. The molecule has 0 saturated carbocycles. The molecule has 0 heterocycles. The molecule has 0 radical (unpaired) electrons. The molecule has 0 amide bonds. The minimum Gasteiger partial charge on any atom is -0.383 e. The number of hydrogen-bond acceptors (Lipinski definition) is 3. The van der Waals surface area contributed by atoms with E-state index >= 15 is 0 Å². The minimum absolute atomic E-state index is 0.141. The number of methoxy groups -OCH3 is 1. The van der Waals surface area contributed by atoms with E-state index in [1.807, 2.05) is 13.8 Å². The van der Waals surface area contributed by atoms with Crippen LogP contribution in [0.3, 0.4) is 0 Å². The van der Waals surface area contributed by atoms with E-state index in [2.05, 4.69) is 4.72 Å². The van der Waals surface area contributed by atoms with E-state index in [0.29, 0.717) is 18.9 Å². The van der Waals surface area contributed by atoms with Crippen LogP contribution in [-0.2, 0) is 14.8 Å². The Morgan fingerprint density at radius 2 is 2.00 bits per heavy atom. The summed E-state index contributed by atoms with van der Waals surface area (Å²) in [5.74, 6) is 0.731. The van der Waals surface area contributed by atoms with Gasteiger partial charge in [0.05, 0.1) is 18.4 Å². The average Bonchev–Trinajstić information content (AvgIpc) is 2.14. The number of hydrogen-bond donors (Lipinski definition) is 1. The van der Waals surface area contributed by atoms with Crippen molar-refractivity contribution >= 4 is 21.6 Å². The Morgan fingerprint density at radius 1 is 1.40 bits per heavy atom. The van der Waals surface area contributed by atoms with Crippen LogP contribution in [0.1, 0.15) is 20.3 Å². The highest BCUT2D eigenvalue weighted by atomic mass is 35.5. The molecular weight excluding hydrogens is 238 g/mol. The zero-order valence-electron chi connectivity index (χ0n) is 9.49. The van der Waals surface area contributed by atoms with E-state index in [4.69, 9.17) is 16.3 Å². The van der Waals surface area contributed by atoms with Gasteiger partial charge in [-0.15, -0.1) is 11.6 Å². The second-order valence-electron chi connectivity index (χ2n) is 3.93. The third-order valence-electron chi connectivity index (χ3n) is 1.86. The van der Waals surface area contributed by atoms with Crippen LogP contribution >= 0.6 is 11.6 Å². The molecule has 0 aliphatic carbocycles. The molecule has 0 aromatic rings. The van der Waals surface area contributed by atoms with E-state index in [1.165, 1.54) is 7.11 Å². The van der Waals surface area contributed by atoms with E-state index in [0.717, 1.165) is 0 Å². The lowest BCUT2D eigenvalue weighted by Gasteiger charge is -2.15. The van der Waals surface area contributed by atoms with Gasteiger partial charge in [0.1, 0.15) is 0 Å². The van der Waals surface area contributed by atoms with Crippen LogP contribution in [0, 0.1) is 5.92 Å². The first-order chi connectivity index (χ1) is 6.91. The van der Waals surface area contributed by atoms with E-state index in [9.17, 15) is 8.42 Å². The fourth-order valence-electron chi connectivity index (χ4n) is 1.01. The maximum Gasteiger partial charge on any atom is 0.211 e. The molecule has 1 unspecified atom stereocenters. The van der Waals surface area contributed by atoms with Crippen molar-refractivity contribution in [3.63, 3.8) is 0 Å². The summed E-state index contributed by atoms with van der Waals surface area (Å²) in [4.78, 5) is 0. The Hall–Kier alpha value is 0.160. The van der Waals surface area contributed by atoms with E-state index in [1.54, 1.807) is 0 Å². The number of nitrogens with one attached hydrogen (secondary N) is 1. The molecule has 0 saturated heterocycles. The lowest BCUT2D eigenvalue weighted by molar-refractivity contribution is 0.181. The number of ether oxygens (including phenoxy) is 1. The van der Waals surface area contributed by atoms with Crippen molar-refractivity contribution in [2.75, 3.05) is 25.3 Å². The molecule has 0 aromatic carbocycles. The van der Waals surface area contributed by atoms with Crippen LogP contribution in [0.4, 0.5) is 0 Å². The molecule has 0 aromatic heterocycles. The van der Waals surface area contributed by atoms with Crippen LogP contribution < -0.4 is 4.72 Å². The zero-order chi connectivity index (χ0) is 11.9. The first kappa shape index (κ1) is 15.2. The lowest BCUT2D eigenvalue weighted by Crippen LogP contribution is -2.40. The zero-order valence-corrected chi connectivity index (χ0v) is 11.1. The molecular formula is C9H20ClNO3S. The van der Waals surface area contributed by atoms with Crippen LogP contribution in [0.25, 0.3) is 0 Å². The molecule has 0 bridgehead atoms. The summed E-state index contributed by atoms with van der Waals surface area (Å²) in [6.07, 6.45) is 0.650. The van der Waals surface area contributed by atoms with Crippen LogP contribution in [-0.4, -0.2) is 39.8 Å². The van der Waals surface area contributed by atoms with Gasteiger partial charge in [0, 0.05) is 13.0 Å². The summed E-state index contributed by atoms with van der Waals surface area (Å²) in [6.45, 7) is 4.28. The summed E-state index contributed by atoms with van der Waals surface area (Å²) in [5.41, 5.74) is 0. The molecule has 0 aliphatic heterocycles. The quantitative estimate of drug-likeness (QED) is 0.665. The standard InChI is InChI=1S/C9H20ClNO3S/c1-8(2)4-5-15(12,13)11-9(6-10)7-14-3/h8-9,11H,4-7H2,1-3H3. The molecule has 1 atom stereocenters. The summed E-state index contributed by atoms with van der Waals surface area (Å²) in [7, 11) is -1.71. The monoisotopic (exact) mass is 257 g/mol. The average molecular weight is 258 g/mol. The predicted octanol–water partition coefficient (Wildman–Crippen LogP) is 1.21. The minimum atomic E-state index is -3.22. The Labute approximate surface area is 97.4 Å². The molecule has 0 fully saturated rings. The third-order valence-corrected chi connectivity index (χ3v) is 3.70. The fourth-order valence-corrected chi connectivity index (χ4v) is 2.83. The van der Waals surface area contributed by atoms with Crippen molar-refractivity contribution < 1.29 is 13.2 Å². The molecule has 0 spiro atoms. The van der Waals surface area contributed by atoms with Crippen LogP contribution in [0.2, 0.25) is 0 Å². The van der Waals surface area contributed by atoms with Gasteiger partial charge in [-0.2, -0.15) is 0 Å². The summed E-state index contributed by atoms with van der Waals surface area (Å²) in [6, 6.07) is -0.339. The molecule has 4 nitrogen and oxygen atoms in total. The van der Waals surface area contributed by atoms with Gasteiger partial charge in [0.2, 0.25) is 10.0 Å². The normalized spacial score (nSPS) is 14.5. The number of rotatable bonds is 8. The SMILES string of the molecule is COCC(CCl)NS(=O)(=O)CCC(C)C. The summed E-state index contributed by atoms with van der Waals surface area (Å²) >= 11 is 5.61. The Balaban J connectivity index is 4.10. The molecule has 15 heavy (non-hydrogen) atoms. The van der Waals surface area contributed by atoms with Crippen molar-refractivity contribution in [3.05, 3.63) is 0 Å². The van der Waals surface area contributed by atoms with Crippen LogP contribution in [0.5, 0.6) is 0 Å². The van der Waals surface area contributed by atoms with Gasteiger partial charge in [0.25, 0.3) is 0 Å². The molecule has 6 heteroatoms. The number of sulfonamides is 1. The largest absolute Gasteiger partial charge is 0.383 e. The van der Waals surface area contributed by atoms with Gasteiger partial charge < -0.3 is 4.74 Å². The van der Waals surface area contributed by atoms with Crippen molar-refractivity contribution in [2.24, 2.45) is 5.92 Å².